The molecule has 0 heterocycles. The summed E-state index contributed by atoms with van der Waals surface area (Å²) in [6, 6.07) is 8.12. The number of carboxylic acid groups (broad SMARTS) is 1. The number of carboxylic acids is 1. The molecule has 1 aromatic rings. The summed E-state index contributed by atoms with van der Waals surface area (Å²) < 4.78 is 0. The summed E-state index contributed by atoms with van der Waals surface area (Å²) in [4.78, 5) is 23.4. The van der Waals surface area contributed by atoms with Gasteiger partial charge >= 0.3 is 5.97 Å². The number of unbranched alkanes of at least 4 members (excludes halogenated alkanes) is 2. The van der Waals surface area contributed by atoms with Crippen LogP contribution in [0.2, 0.25) is 0 Å². The molecule has 5 heteroatoms. The van der Waals surface area contributed by atoms with Gasteiger partial charge in [-0.1, -0.05) is 24.1 Å². The monoisotopic (exact) mass is 309 g/mol. The van der Waals surface area contributed by atoms with Crippen molar-refractivity contribution < 1.29 is 14.7 Å². The van der Waals surface area contributed by atoms with E-state index >= 15 is 0 Å². The Bertz CT molecular complexity index is 459. The predicted octanol–water partition coefficient (Wildman–Crippen LogP) is 3.24. The largest absolute Gasteiger partial charge is 0.481 e. The Kier molecular flexibility index (Phi) is 7.90. The number of aryl methyl sites for hydroxylation is 1. The summed E-state index contributed by atoms with van der Waals surface area (Å²) in [7, 11) is 0. The lowest BCUT2D eigenvalue weighted by Gasteiger charge is -2.12. The lowest BCUT2D eigenvalue weighted by molar-refractivity contribution is -0.137. The van der Waals surface area contributed by atoms with Gasteiger partial charge in [-0.2, -0.15) is 0 Å². The molecule has 0 saturated heterocycles. The van der Waals surface area contributed by atoms with E-state index in [0.717, 1.165) is 17.7 Å². The topological polar surface area (TPSA) is 66.4 Å². The van der Waals surface area contributed by atoms with Crippen molar-refractivity contribution in [2.24, 2.45) is 0 Å². The number of amides is 1. The number of hydrogen-bond donors (Lipinski definition) is 2. The summed E-state index contributed by atoms with van der Waals surface area (Å²) in [6.45, 7) is 4.54. The van der Waals surface area contributed by atoms with Gasteiger partial charge in [0.25, 0.3) is 0 Å². The maximum absolute atomic E-state index is 11.9. The molecule has 1 atom stereocenters. The molecule has 0 spiro atoms. The molecule has 0 aliphatic heterocycles. The molecule has 0 aromatic heterocycles. The fraction of sp³-hybridized carbons (Fsp3) is 0.500. The van der Waals surface area contributed by atoms with E-state index in [1.54, 1.807) is 11.8 Å². The molecule has 0 radical (unpaired) electrons. The van der Waals surface area contributed by atoms with Crippen molar-refractivity contribution in [2.75, 3.05) is 6.54 Å². The summed E-state index contributed by atoms with van der Waals surface area (Å²) in [6.07, 6.45) is 2.51. The van der Waals surface area contributed by atoms with E-state index in [0.29, 0.717) is 13.0 Å². The standard InChI is InChI=1S/C16H23NO3S/c1-12-7-9-14(10-8-12)21-13(2)16(20)17-11-5-3-4-6-15(18)19/h7-10,13H,3-6,11H2,1-2H3,(H,17,20)(H,18,19)/t13-/m1/s1. The van der Waals surface area contributed by atoms with Crippen molar-refractivity contribution in [2.45, 2.75) is 49.7 Å². The molecular weight excluding hydrogens is 286 g/mol. The molecule has 2 N–H and O–H groups in total. The quantitative estimate of drug-likeness (QED) is 0.543. The van der Waals surface area contributed by atoms with Gasteiger partial charge in [-0.15, -0.1) is 11.8 Å². The first-order valence-electron chi connectivity index (χ1n) is 7.22. The summed E-state index contributed by atoms with van der Waals surface area (Å²) in [5.74, 6) is -0.735. The van der Waals surface area contributed by atoms with Crippen LogP contribution in [0.3, 0.4) is 0 Å². The number of aliphatic carboxylic acids is 1. The minimum Gasteiger partial charge on any atom is -0.481 e. The number of carbonyl (C=O) groups is 2. The number of benzene rings is 1. The van der Waals surface area contributed by atoms with Crippen LogP contribution >= 0.6 is 11.8 Å². The number of nitrogens with one attached hydrogen (secondary N) is 1. The minimum absolute atomic E-state index is 0.0267. The molecule has 1 rings (SSSR count). The highest BCUT2D eigenvalue weighted by molar-refractivity contribution is 8.00. The third-order valence-electron chi connectivity index (χ3n) is 3.07. The van der Waals surface area contributed by atoms with Crippen molar-refractivity contribution >= 4 is 23.6 Å². The Labute approximate surface area is 130 Å². The van der Waals surface area contributed by atoms with Crippen LogP contribution in [-0.4, -0.2) is 28.8 Å². The van der Waals surface area contributed by atoms with Gasteiger partial charge in [0.1, 0.15) is 0 Å². The molecule has 1 amide bonds. The number of carbonyl (C=O) groups excluding carboxylic acids is 1. The van der Waals surface area contributed by atoms with Crippen LogP contribution in [0.1, 0.15) is 38.2 Å². The SMILES string of the molecule is Cc1ccc(S[C@H](C)C(=O)NCCCCCC(=O)O)cc1. The molecule has 0 saturated carbocycles. The Hall–Kier alpha value is -1.49. The third-order valence-corrected chi connectivity index (χ3v) is 4.18. The highest BCUT2D eigenvalue weighted by Gasteiger charge is 2.13. The zero-order valence-corrected chi connectivity index (χ0v) is 13.4. The van der Waals surface area contributed by atoms with Crippen molar-refractivity contribution in [3.63, 3.8) is 0 Å². The number of hydrogen-bond acceptors (Lipinski definition) is 3. The number of thioether (sulfide) groups is 1. The van der Waals surface area contributed by atoms with Gasteiger partial charge in [0.05, 0.1) is 5.25 Å². The lowest BCUT2D eigenvalue weighted by atomic mass is 10.2. The van der Waals surface area contributed by atoms with Crippen molar-refractivity contribution in [1.82, 2.24) is 5.32 Å². The van der Waals surface area contributed by atoms with Gasteiger partial charge in [0, 0.05) is 17.9 Å². The van der Waals surface area contributed by atoms with E-state index in [2.05, 4.69) is 5.32 Å². The zero-order chi connectivity index (χ0) is 15.7. The van der Waals surface area contributed by atoms with Gasteiger partial charge in [0.15, 0.2) is 0 Å². The van der Waals surface area contributed by atoms with Crippen molar-refractivity contribution in [3.05, 3.63) is 29.8 Å². The fourth-order valence-electron chi connectivity index (χ4n) is 1.81. The molecule has 1 aromatic carbocycles. The summed E-state index contributed by atoms with van der Waals surface area (Å²) in [5, 5.41) is 11.3. The Balaban J connectivity index is 2.19. The van der Waals surface area contributed by atoms with E-state index in [9.17, 15) is 9.59 Å². The van der Waals surface area contributed by atoms with Gasteiger partial charge in [0.2, 0.25) is 5.91 Å². The Morgan fingerprint density at radius 3 is 2.48 bits per heavy atom. The maximum atomic E-state index is 11.9. The first kappa shape index (κ1) is 17.6. The number of rotatable bonds is 9. The van der Waals surface area contributed by atoms with Gasteiger partial charge in [-0.25, -0.2) is 0 Å². The van der Waals surface area contributed by atoms with E-state index in [1.807, 2.05) is 38.1 Å². The van der Waals surface area contributed by atoms with E-state index < -0.39 is 5.97 Å². The van der Waals surface area contributed by atoms with Crippen LogP contribution in [0, 0.1) is 6.92 Å². The van der Waals surface area contributed by atoms with Crippen LogP contribution in [0.15, 0.2) is 29.2 Å². The average Bonchev–Trinajstić information content (AvgIpc) is 2.44. The second-order valence-electron chi connectivity index (χ2n) is 5.07. The summed E-state index contributed by atoms with van der Waals surface area (Å²) in [5.41, 5.74) is 1.21. The summed E-state index contributed by atoms with van der Waals surface area (Å²) >= 11 is 1.54. The van der Waals surface area contributed by atoms with E-state index in [-0.39, 0.29) is 17.6 Å². The van der Waals surface area contributed by atoms with Crippen LogP contribution in [0.5, 0.6) is 0 Å². The van der Waals surface area contributed by atoms with Gasteiger partial charge in [-0.05, 0) is 38.8 Å². The van der Waals surface area contributed by atoms with E-state index in [1.165, 1.54) is 5.56 Å². The molecule has 0 unspecified atom stereocenters. The zero-order valence-electron chi connectivity index (χ0n) is 12.6. The fourth-order valence-corrected chi connectivity index (χ4v) is 2.70. The maximum Gasteiger partial charge on any atom is 0.303 e. The van der Waals surface area contributed by atoms with Crippen LogP contribution in [0.4, 0.5) is 0 Å². The highest BCUT2D eigenvalue weighted by atomic mass is 32.2. The average molecular weight is 309 g/mol. The molecular formula is C16H23NO3S. The Morgan fingerprint density at radius 2 is 1.86 bits per heavy atom. The van der Waals surface area contributed by atoms with Gasteiger partial charge < -0.3 is 10.4 Å². The lowest BCUT2D eigenvalue weighted by Crippen LogP contribution is -2.31. The first-order valence-corrected chi connectivity index (χ1v) is 8.10. The van der Waals surface area contributed by atoms with Crippen LogP contribution in [0.25, 0.3) is 0 Å². The van der Waals surface area contributed by atoms with Crippen LogP contribution in [-0.2, 0) is 9.59 Å². The van der Waals surface area contributed by atoms with Crippen molar-refractivity contribution in [1.29, 1.82) is 0 Å². The minimum atomic E-state index is -0.762. The third kappa shape index (κ3) is 7.75. The molecule has 4 nitrogen and oxygen atoms in total. The second kappa shape index (κ2) is 9.45. The predicted molar refractivity (Wildman–Crippen MR) is 85.6 cm³/mol. The molecule has 0 aliphatic rings. The first-order chi connectivity index (χ1) is 9.99. The van der Waals surface area contributed by atoms with Crippen molar-refractivity contribution in [3.8, 4) is 0 Å². The van der Waals surface area contributed by atoms with E-state index in [4.69, 9.17) is 5.11 Å². The Morgan fingerprint density at radius 1 is 1.19 bits per heavy atom. The normalized spacial score (nSPS) is 11.9. The van der Waals surface area contributed by atoms with Crippen LogP contribution < -0.4 is 5.32 Å². The van der Waals surface area contributed by atoms with Gasteiger partial charge in [-0.3, -0.25) is 9.59 Å². The molecule has 21 heavy (non-hydrogen) atoms. The highest BCUT2D eigenvalue weighted by Crippen LogP contribution is 2.23. The second-order valence-corrected chi connectivity index (χ2v) is 6.48. The molecule has 0 aliphatic carbocycles. The molecule has 116 valence electrons. The smallest absolute Gasteiger partial charge is 0.303 e. The molecule has 0 bridgehead atoms. The molecule has 0 fully saturated rings.